The minimum absolute atomic E-state index is 0.0281. The predicted molar refractivity (Wildman–Crippen MR) is 113 cm³/mol. The lowest BCUT2D eigenvalue weighted by molar-refractivity contribution is 0.114. The molecule has 0 saturated carbocycles. The third kappa shape index (κ3) is 6.44. The summed E-state index contributed by atoms with van der Waals surface area (Å²) in [5, 5.41) is 4.33. The average Bonchev–Trinajstić information content (AvgIpc) is 2.76. The van der Waals surface area contributed by atoms with Crippen LogP contribution in [0, 0.1) is 5.92 Å². The second kappa shape index (κ2) is 10.2. The summed E-state index contributed by atoms with van der Waals surface area (Å²) in [5.41, 5.74) is 1.55. The first-order valence-corrected chi connectivity index (χ1v) is 11.2. The van der Waals surface area contributed by atoms with Crippen LogP contribution in [0.5, 0.6) is 0 Å². The summed E-state index contributed by atoms with van der Waals surface area (Å²) < 4.78 is 32.1. The Balaban J connectivity index is 1.75. The van der Waals surface area contributed by atoms with Crippen molar-refractivity contribution in [3.8, 4) is 0 Å². The number of piperidine rings is 1. The highest BCUT2D eigenvalue weighted by Crippen LogP contribution is 2.19. The Hall–Kier alpha value is -2.64. The SMILES string of the molecule is O=C(OCc1ccccc1)N(CC1CCNCC1)S(=O)(=O)/C=C/c1ccccc1. The quantitative estimate of drug-likeness (QED) is 0.749. The molecule has 0 aromatic heterocycles. The largest absolute Gasteiger partial charge is 0.444 e. The molecule has 29 heavy (non-hydrogen) atoms. The van der Waals surface area contributed by atoms with E-state index in [4.69, 9.17) is 4.74 Å². The Kier molecular flexibility index (Phi) is 7.43. The zero-order valence-electron chi connectivity index (χ0n) is 16.2. The number of nitrogens with zero attached hydrogens (tertiary/aromatic N) is 1. The maximum Gasteiger partial charge on any atom is 0.424 e. The summed E-state index contributed by atoms with van der Waals surface area (Å²) in [5.74, 6) is 0.112. The minimum atomic E-state index is -3.97. The summed E-state index contributed by atoms with van der Waals surface area (Å²) in [6, 6.07) is 18.3. The number of ether oxygens (including phenoxy) is 1. The van der Waals surface area contributed by atoms with E-state index < -0.39 is 16.1 Å². The van der Waals surface area contributed by atoms with Gasteiger partial charge >= 0.3 is 6.09 Å². The van der Waals surface area contributed by atoms with Crippen LogP contribution in [0.1, 0.15) is 24.0 Å². The number of sulfonamides is 1. The molecule has 0 aliphatic carbocycles. The van der Waals surface area contributed by atoms with E-state index in [0.29, 0.717) is 0 Å². The molecular formula is C22H26N2O4S. The number of carbonyl (C=O) groups excluding carboxylic acids is 1. The number of hydrogen-bond donors (Lipinski definition) is 1. The number of nitrogens with one attached hydrogen (secondary N) is 1. The first-order valence-electron chi connectivity index (χ1n) is 9.72. The number of carbonyl (C=O) groups is 1. The zero-order valence-corrected chi connectivity index (χ0v) is 17.1. The second-order valence-electron chi connectivity index (χ2n) is 7.02. The summed E-state index contributed by atoms with van der Waals surface area (Å²) >= 11 is 0. The van der Waals surface area contributed by atoms with Crippen molar-refractivity contribution in [2.45, 2.75) is 19.4 Å². The lowest BCUT2D eigenvalue weighted by Crippen LogP contribution is -2.42. The van der Waals surface area contributed by atoms with Gasteiger partial charge in [0.2, 0.25) is 0 Å². The van der Waals surface area contributed by atoms with Crippen LogP contribution in [0.4, 0.5) is 4.79 Å². The molecule has 0 unspecified atom stereocenters. The van der Waals surface area contributed by atoms with E-state index in [9.17, 15) is 13.2 Å². The molecule has 1 aliphatic rings. The van der Waals surface area contributed by atoms with Gasteiger partial charge in [-0.25, -0.2) is 17.5 Å². The van der Waals surface area contributed by atoms with E-state index in [1.54, 1.807) is 12.1 Å². The number of benzene rings is 2. The molecule has 0 spiro atoms. The van der Waals surface area contributed by atoms with Crippen LogP contribution in [-0.2, 0) is 21.4 Å². The first-order chi connectivity index (χ1) is 14.0. The van der Waals surface area contributed by atoms with Crippen LogP contribution in [0.15, 0.2) is 66.1 Å². The van der Waals surface area contributed by atoms with E-state index in [1.165, 1.54) is 6.08 Å². The lowest BCUT2D eigenvalue weighted by Gasteiger charge is -2.28. The summed E-state index contributed by atoms with van der Waals surface area (Å²) in [6.45, 7) is 1.78. The van der Waals surface area contributed by atoms with Crippen LogP contribution >= 0.6 is 0 Å². The van der Waals surface area contributed by atoms with Crippen LogP contribution in [0.3, 0.4) is 0 Å². The fraction of sp³-hybridized carbons (Fsp3) is 0.318. The molecule has 1 amide bonds. The normalized spacial score (nSPS) is 15.3. The van der Waals surface area contributed by atoms with Gasteiger partial charge in [0, 0.05) is 6.54 Å². The molecule has 3 rings (SSSR count). The standard InChI is InChI=1S/C22H26N2O4S/c25-22(28-18-21-9-5-2-6-10-21)24(17-20-11-14-23-15-12-20)29(26,27)16-13-19-7-3-1-4-8-19/h1-10,13,16,20,23H,11-12,14-15,17-18H2/b16-13+. The van der Waals surface area contributed by atoms with Gasteiger partial charge in [0.1, 0.15) is 6.61 Å². The molecule has 1 heterocycles. The summed E-state index contributed by atoms with van der Waals surface area (Å²) in [7, 11) is -3.97. The molecule has 0 radical (unpaired) electrons. The Bertz CT molecular complexity index is 908. The van der Waals surface area contributed by atoms with Gasteiger partial charge in [-0.3, -0.25) is 0 Å². The van der Waals surface area contributed by atoms with Crippen LogP contribution in [0.2, 0.25) is 0 Å². The Morgan fingerprint density at radius 3 is 2.31 bits per heavy atom. The van der Waals surface area contributed by atoms with E-state index in [1.807, 2.05) is 48.5 Å². The molecule has 1 N–H and O–H groups in total. The fourth-order valence-electron chi connectivity index (χ4n) is 3.17. The third-order valence-electron chi connectivity index (χ3n) is 4.83. The molecule has 1 fully saturated rings. The predicted octanol–water partition coefficient (Wildman–Crippen LogP) is 3.63. The van der Waals surface area contributed by atoms with Gasteiger partial charge in [0.05, 0.1) is 5.41 Å². The van der Waals surface area contributed by atoms with E-state index in [0.717, 1.165) is 46.8 Å². The third-order valence-corrected chi connectivity index (χ3v) is 6.22. The molecule has 1 aliphatic heterocycles. The van der Waals surface area contributed by atoms with Gasteiger partial charge in [-0.15, -0.1) is 0 Å². The fourth-order valence-corrected chi connectivity index (χ4v) is 4.33. The van der Waals surface area contributed by atoms with Gasteiger partial charge < -0.3 is 10.1 Å². The number of amides is 1. The van der Waals surface area contributed by atoms with E-state index >= 15 is 0 Å². The van der Waals surface area contributed by atoms with Crippen molar-refractivity contribution in [2.75, 3.05) is 19.6 Å². The highest BCUT2D eigenvalue weighted by atomic mass is 32.2. The Morgan fingerprint density at radius 1 is 1.03 bits per heavy atom. The van der Waals surface area contributed by atoms with Gasteiger partial charge in [0.15, 0.2) is 0 Å². The average molecular weight is 415 g/mol. The first kappa shape index (κ1) is 21.1. The second-order valence-corrected chi connectivity index (χ2v) is 8.77. The Labute approximate surface area is 172 Å². The van der Waals surface area contributed by atoms with Crippen molar-refractivity contribution < 1.29 is 17.9 Å². The highest BCUT2D eigenvalue weighted by molar-refractivity contribution is 7.92. The molecule has 1 saturated heterocycles. The van der Waals surface area contributed by atoms with Gasteiger partial charge in [0.25, 0.3) is 10.0 Å². The molecular weight excluding hydrogens is 388 g/mol. The summed E-state index contributed by atoms with van der Waals surface area (Å²) in [6.07, 6.45) is 2.29. The zero-order chi connectivity index (χ0) is 20.5. The maximum absolute atomic E-state index is 13.0. The topological polar surface area (TPSA) is 75.7 Å². The molecule has 7 heteroatoms. The molecule has 0 bridgehead atoms. The number of rotatable bonds is 7. The van der Waals surface area contributed by atoms with Crippen molar-refractivity contribution in [1.82, 2.24) is 9.62 Å². The van der Waals surface area contributed by atoms with E-state index in [2.05, 4.69) is 5.32 Å². The van der Waals surface area contributed by atoms with E-state index in [-0.39, 0.29) is 19.1 Å². The van der Waals surface area contributed by atoms with Crippen molar-refractivity contribution in [2.24, 2.45) is 5.92 Å². The minimum Gasteiger partial charge on any atom is -0.444 e. The van der Waals surface area contributed by atoms with Crippen LogP contribution < -0.4 is 5.32 Å². The Morgan fingerprint density at radius 2 is 1.66 bits per heavy atom. The maximum atomic E-state index is 13.0. The van der Waals surface area contributed by atoms with Crippen molar-refractivity contribution in [3.63, 3.8) is 0 Å². The molecule has 2 aromatic rings. The smallest absolute Gasteiger partial charge is 0.424 e. The van der Waals surface area contributed by atoms with Crippen LogP contribution in [0.25, 0.3) is 6.08 Å². The lowest BCUT2D eigenvalue weighted by atomic mass is 9.98. The molecule has 6 nitrogen and oxygen atoms in total. The van der Waals surface area contributed by atoms with Crippen LogP contribution in [-0.4, -0.2) is 38.5 Å². The van der Waals surface area contributed by atoms with Gasteiger partial charge in [-0.1, -0.05) is 60.7 Å². The van der Waals surface area contributed by atoms with Crippen molar-refractivity contribution in [3.05, 3.63) is 77.2 Å². The highest BCUT2D eigenvalue weighted by Gasteiger charge is 2.30. The molecule has 2 aromatic carbocycles. The van der Waals surface area contributed by atoms with Gasteiger partial charge in [-0.05, 0) is 49.1 Å². The van der Waals surface area contributed by atoms with Crippen molar-refractivity contribution >= 4 is 22.2 Å². The molecule has 154 valence electrons. The number of hydrogen-bond acceptors (Lipinski definition) is 5. The molecule has 0 atom stereocenters. The monoisotopic (exact) mass is 414 g/mol. The van der Waals surface area contributed by atoms with Gasteiger partial charge in [-0.2, -0.15) is 0 Å². The summed E-state index contributed by atoms with van der Waals surface area (Å²) in [4.78, 5) is 12.7. The van der Waals surface area contributed by atoms with Crippen molar-refractivity contribution in [1.29, 1.82) is 0 Å².